The number of hydrogen-bond acceptors (Lipinski definition) is 16. The van der Waals surface area contributed by atoms with Gasteiger partial charge in [-0.3, -0.25) is 4.79 Å². The molecule has 52 heavy (non-hydrogen) atoms. The maximum Gasteiger partial charge on any atom is 0.335 e. The second-order valence-electron chi connectivity index (χ2n) is 10.5. The summed E-state index contributed by atoms with van der Waals surface area (Å²) in [5.41, 5.74) is 1.96. The SMILES string of the molecule is COc1cc(N=Nc2c(SOOO)cc3ccc(Nc4ccc(C(=O)O)cc4)cc3c2O)c(OC)cc1N=Nc1ccc(S(=O)(=O)NC(C)=O)cc1. The van der Waals surface area contributed by atoms with Gasteiger partial charge in [-0.15, -0.1) is 19.7 Å². The Morgan fingerprint density at radius 1 is 0.788 bits per heavy atom. The van der Waals surface area contributed by atoms with E-state index in [1.807, 2.05) is 4.72 Å². The molecule has 5 aromatic carbocycles. The van der Waals surface area contributed by atoms with E-state index >= 15 is 0 Å². The van der Waals surface area contributed by atoms with Crippen LogP contribution in [0, 0.1) is 0 Å². The number of nitrogens with one attached hydrogen (secondary N) is 2. The number of benzene rings is 5. The fourth-order valence-electron chi connectivity index (χ4n) is 4.67. The zero-order valence-electron chi connectivity index (χ0n) is 27.3. The Morgan fingerprint density at radius 2 is 1.40 bits per heavy atom. The standard InChI is InChI=1S/C33H28N6O11S2/c1-18(40)39-52(45,46)24-12-10-22(11-13-24)35-36-26-16-29(48-3)27(17-28(26)47-2)37-38-31-30(51-50-49-44)14-20-6-9-23(15-25(20)32(31)41)34-21-7-4-19(5-8-21)33(42)43/h4-17,34,41,44H,1-3H3,(H,39,40)(H,42,43). The van der Waals surface area contributed by atoms with Crippen LogP contribution in [-0.4, -0.2) is 50.0 Å². The van der Waals surface area contributed by atoms with Gasteiger partial charge >= 0.3 is 5.97 Å². The average molecular weight is 749 g/mol. The molecular formula is C33H28N6O11S2. The molecule has 0 fully saturated rings. The van der Waals surface area contributed by atoms with Crippen molar-refractivity contribution in [2.24, 2.45) is 20.5 Å². The minimum Gasteiger partial charge on any atom is -0.505 e. The normalized spacial score (nSPS) is 11.6. The van der Waals surface area contributed by atoms with Gasteiger partial charge in [0.1, 0.15) is 28.6 Å². The predicted molar refractivity (Wildman–Crippen MR) is 188 cm³/mol. The molecule has 5 rings (SSSR count). The van der Waals surface area contributed by atoms with Gasteiger partial charge in [0.2, 0.25) is 5.91 Å². The molecule has 0 unspecified atom stereocenters. The van der Waals surface area contributed by atoms with Crippen molar-refractivity contribution in [1.82, 2.24) is 4.72 Å². The predicted octanol–water partition coefficient (Wildman–Crippen LogP) is 8.09. The number of carboxylic acid groups (broad SMARTS) is 1. The van der Waals surface area contributed by atoms with E-state index in [0.717, 1.165) is 6.92 Å². The molecule has 0 bridgehead atoms. The summed E-state index contributed by atoms with van der Waals surface area (Å²) < 4.78 is 41.9. The number of amides is 1. The molecule has 5 aromatic rings. The van der Waals surface area contributed by atoms with Crippen LogP contribution < -0.4 is 19.5 Å². The highest BCUT2D eigenvalue weighted by atomic mass is 32.2. The number of phenols is 1. The molecule has 0 heterocycles. The van der Waals surface area contributed by atoms with E-state index in [2.05, 4.69) is 35.1 Å². The van der Waals surface area contributed by atoms with Gasteiger partial charge < -0.3 is 25.0 Å². The molecule has 5 N–H and O–H groups in total. The fraction of sp³-hybridized carbons (Fsp3) is 0.0909. The Balaban J connectivity index is 1.46. The van der Waals surface area contributed by atoms with Crippen LogP contribution in [0.5, 0.6) is 17.2 Å². The van der Waals surface area contributed by atoms with Crippen LogP contribution in [0.4, 0.5) is 34.1 Å². The molecule has 17 nitrogen and oxygen atoms in total. The molecule has 0 aliphatic heterocycles. The van der Waals surface area contributed by atoms with Crippen LogP contribution in [0.3, 0.4) is 0 Å². The van der Waals surface area contributed by atoms with Gasteiger partial charge in [-0.2, -0.15) is 5.11 Å². The zero-order valence-corrected chi connectivity index (χ0v) is 28.9. The summed E-state index contributed by atoms with van der Waals surface area (Å²) in [6.07, 6.45) is 0. The fourth-order valence-corrected chi connectivity index (χ4v) is 6.16. The minimum atomic E-state index is -4.02. The van der Waals surface area contributed by atoms with Crippen molar-refractivity contribution < 1.29 is 52.3 Å². The number of hydrogen-bond donors (Lipinski definition) is 5. The third-order valence-electron chi connectivity index (χ3n) is 7.06. The molecule has 0 spiro atoms. The van der Waals surface area contributed by atoms with E-state index in [1.165, 1.54) is 62.8 Å². The van der Waals surface area contributed by atoms with Crippen LogP contribution in [0.15, 0.2) is 115 Å². The first kappa shape index (κ1) is 37.1. The van der Waals surface area contributed by atoms with Crippen LogP contribution in [-0.2, 0) is 24.2 Å². The van der Waals surface area contributed by atoms with Crippen molar-refractivity contribution in [2.45, 2.75) is 16.7 Å². The summed E-state index contributed by atoms with van der Waals surface area (Å²) in [5, 5.41) is 54.1. The van der Waals surface area contributed by atoms with Crippen LogP contribution in [0.2, 0.25) is 0 Å². The van der Waals surface area contributed by atoms with Gasteiger partial charge in [-0.1, -0.05) is 11.1 Å². The highest BCUT2D eigenvalue weighted by Gasteiger charge is 2.18. The minimum absolute atomic E-state index is 0.0498. The molecular weight excluding hydrogens is 721 g/mol. The molecule has 268 valence electrons. The Kier molecular flexibility index (Phi) is 11.6. The van der Waals surface area contributed by atoms with Crippen molar-refractivity contribution in [3.8, 4) is 17.2 Å². The van der Waals surface area contributed by atoms with Crippen molar-refractivity contribution in [1.29, 1.82) is 0 Å². The Bertz CT molecular complexity index is 2300. The van der Waals surface area contributed by atoms with Crippen LogP contribution in [0.1, 0.15) is 17.3 Å². The van der Waals surface area contributed by atoms with E-state index in [0.29, 0.717) is 39.9 Å². The van der Waals surface area contributed by atoms with Gasteiger partial charge in [0.05, 0.1) is 47.3 Å². The first-order valence-corrected chi connectivity index (χ1v) is 16.9. The average Bonchev–Trinajstić information content (AvgIpc) is 3.12. The van der Waals surface area contributed by atoms with Gasteiger partial charge in [-0.25, -0.2) is 23.2 Å². The largest absolute Gasteiger partial charge is 0.505 e. The van der Waals surface area contributed by atoms with Crippen molar-refractivity contribution in [2.75, 3.05) is 19.5 Å². The lowest BCUT2D eigenvalue weighted by atomic mass is 10.1. The number of phenolic OH excluding ortho intramolecular Hbond substituents is 1. The molecule has 0 atom stereocenters. The quantitative estimate of drug-likeness (QED) is 0.0313. The molecule has 19 heteroatoms. The van der Waals surface area contributed by atoms with E-state index in [4.69, 9.17) is 19.8 Å². The third kappa shape index (κ3) is 8.78. The zero-order chi connectivity index (χ0) is 37.4. The van der Waals surface area contributed by atoms with Gasteiger partial charge in [-0.05, 0) is 72.1 Å². The van der Waals surface area contributed by atoms with E-state index in [1.54, 1.807) is 36.4 Å². The molecule has 0 saturated heterocycles. The number of anilines is 2. The van der Waals surface area contributed by atoms with Crippen molar-refractivity contribution in [3.05, 3.63) is 90.5 Å². The summed E-state index contributed by atoms with van der Waals surface area (Å²) in [5.74, 6) is -1.65. The highest BCUT2D eigenvalue weighted by molar-refractivity contribution is 7.94. The Labute approximate surface area is 299 Å². The summed E-state index contributed by atoms with van der Waals surface area (Å²) in [4.78, 5) is 22.5. The highest BCUT2D eigenvalue weighted by Crippen LogP contribution is 2.46. The number of methoxy groups -OCH3 is 2. The number of carbonyl (C=O) groups is 2. The lowest BCUT2D eigenvalue weighted by molar-refractivity contribution is -0.432. The number of aromatic hydroxyl groups is 1. The summed E-state index contributed by atoms with van der Waals surface area (Å²) in [6.45, 7) is 1.09. The van der Waals surface area contributed by atoms with Gasteiger partial charge in [0.15, 0.2) is 5.75 Å². The monoisotopic (exact) mass is 748 g/mol. The second kappa shape index (κ2) is 16.3. The number of aromatic carboxylic acids is 1. The molecule has 0 aliphatic carbocycles. The first-order chi connectivity index (χ1) is 24.9. The first-order valence-electron chi connectivity index (χ1n) is 14.7. The number of nitrogens with zero attached hydrogens (tertiary/aromatic N) is 4. The van der Waals surface area contributed by atoms with E-state index in [9.17, 15) is 23.1 Å². The number of ether oxygens (including phenoxy) is 2. The van der Waals surface area contributed by atoms with Gasteiger partial charge in [0, 0.05) is 35.8 Å². The summed E-state index contributed by atoms with van der Waals surface area (Å²) >= 11 is 0.566. The molecule has 0 aromatic heterocycles. The maximum atomic E-state index is 12.2. The Hall–Kier alpha value is -6.12. The van der Waals surface area contributed by atoms with Crippen LogP contribution >= 0.6 is 12.0 Å². The molecule has 1 amide bonds. The number of sulfonamides is 1. The van der Waals surface area contributed by atoms with Crippen LogP contribution in [0.25, 0.3) is 10.8 Å². The summed E-state index contributed by atoms with van der Waals surface area (Å²) in [6, 6.07) is 21.2. The van der Waals surface area contributed by atoms with Crippen molar-refractivity contribution >= 4 is 78.8 Å². The molecule has 0 radical (unpaired) electrons. The van der Waals surface area contributed by atoms with Gasteiger partial charge in [0.25, 0.3) is 10.0 Å². The second-order valence-corrected chi connectivity index (χ2v) is 12.9. The topological polar surface area (TPSA) is 239 Å². The molecule has 0 aliphatic rings. The van der Waals surface area contributed by atoms with E-state index < -0.39 is 21.9 Å². The van der Waals surface area contributed by atoms with E-state index in [-0.39, 0.29) is 49.7 Å². The summed E-state index contributed by atoms with van der Waals surface area (Å²) in [7, 11) is -1.23. The lowest BCUT2D eigenvalue weighted by Gasteiger charge is -2.12. The lowest BCUT2D eigenvalue weighted by Crippen LogP contribution is -2.28. The number of carboxylic acids is 1. The van der Waals surface area contributed by atoms with Crippen molar-refractivity contribution in [3.63, 3.8) is 0 Å². The number of azo groups is 2. The molecule has 0 saturated carbocycles. The smallest absolute Gasteiger partial charge is 0.335 e. The third-order valence-corrected chi connectivity index (χ3v) is 9.13. The number of carbonyl (C=O) groups excluding carboxylic acids is 1. The number of rotatable bonds is 14. The Morgan fingerprint density at radius 3 is 1.98 bits per heavy atom. The maximum absolute atomic E-state index is 12.2. The number of fused-ring (bicyclic) bond motifs is 1.